The van der Waals surface area contributed by atoms with Crippen LogP contribution in [0.1, 0.15) is 45.5 Å². The van der Waals surface area contributed by atoms with Crippen LogP contribution >= 0.6 is 0 Å². The van der Waals surface area contributed by atoms with Crippen molar-refractivity contribution in [3.8, 4) is 23.0 Å². The minimum absolute atomic E-state index is 0.138. The summed E-state index contributed by atoms with van der Waals surface area (Å²) in [6.45, 7) is 4.75. The van der Waals surface area contributed by atoms with E-state index in [1.165, 1.54) is 23.9 Å². The molecule has 5 heterocycles. The molecule has 0 aromatic heterocycles. The minimum atomic E-state index is -0.334. The molecule has 8 rings (SSSR count). The number of ether oxygens (including phenoxy) is 4. The molecule has 13 nitrogen and oxygen atoms in total. The van der Waals surface area contributed by atoms with Gasteiger partial charge in [-0.05, 0) is 42.4 Å². The van der Waals surface area contributed by atoms with Crippen LogP contribution in [-0.2, 0) is 0 Å². The van der Waals surface area contributed by atoms with Gasteiger partial charge in [-0.1, -0.05) is 12.1 Å². The summed E-state index contributed by atoms with van der Waals surface area (Å²) < 4.78 is 23.3. The van der Waals surface area contributed by atoms with E-state index in [4.69, 9.17) is 23.9 Å². The van der Waals surface area contributed by atoms with Gasteiger partial charge in [0, 0.05) is 88.1 Å². The summed E-state index contributed by atoms with van der Waals surface area (Å²) >= 11 is 0. The zero-order valence-corrected chi connectivity index (χ0v) is 30.0. The molecule has 0 saturated carbocycles. The van der Waals surface area contributed by atoms with Gasteiger partial charge in [-0.15, -0.1) is 0 Å². The molecule has 53 heavy (non-hydrogen) atoms. The number of likely N-dealkylation sites (N-methyl/N-ethyl adjacent to an activating group) is 1. The molecule has 5 aliphatic rings. The second-order valence-corrected chi connectivity index (χ2v) is 13.7. The third kappa shape index (κ3) is 6.68. The molecule has 0 radical (unpaired) electrons. The summed E-state index contributed by atoms with van der Waals surface area (Å²) in [5.41, 5.74) is 5.23. The van der Waals surface area contributed by atoms with Gasteiger partial charge in [0.1, 0.15) is 5.76 Å². The molecular formula is C40H42N6O7. The fourth-order valence-corrected chi connectivity index (χ4v) is 7.31. The highest BCUT2D eigenvalue weighted by Gasteiger charge is 2.35. The average Bonchev–Trinajstić information content (AvgIpc) is 3.72. The van der Waals surface area contributed by atoms with Crippen LogP contribution in [-0.4, -0.2) is 117 Å². The fraction of sp³-hybridized carbons (Fsp3) is 0.350. The predicted molar refractivity (Wildman–Crippen MR) is 202 cm³/mol. The average molecular weight is 719 g/mol. The molecule has 1 fully saturated rings. The summed E-state index contributed by atoms with van der Waals surface area (Å²) in [6, 6.07) is 14.9. The Balaban J connectivity index is 0.901. The molecule has 3 aromatic rings. The van der Waals surface area contributed by atoms with E-state index in [0.717, 1.165) is 37.3 Å². The largest absolute Gasteiger partial charge is 0.511 e. The zero-order valence-electron chi connectivity index (χ0n) is 30.0. The lowest BCUT2D eigenvalue weighted by molar-refractivity contribution is 0.0809. The van der Waals surface area contributed by atoms with E-state index in [1.54, 1.807) is 42.5 Å². The highest BCUT2D eigenvalue weighted by Crippen LogP contribution is 2.41. The number of hydrogen-bond donors (Lipinski definition) is 1. The number of carbonyl (C=O) groups is 2. The summed E-state index contributed by atoms with van der Waals surface area (Å²) in [6.07, 6.45) is 8.41. The van der Waals surface area contributed by atoms with E-state index in [-0.39, 0.29) is 29.7 Å². The standard InChI is InChI=1S/C40H42N6O7/c1-43-9-11-44(12-10-43)27-7-5-25(6-8-27)26-15-28-21-41-33-19-37(35(50-2)17-31(33)39(48)45(28)23-26)52-13-4-14-53-38-20-34-32(18-36(38)51-3)40(49)46-24-30(47)16-29(46)22-42-34/h5-8,17-24,28-29,47H,4,9-16H2,1-3H3/t28?,29-/m0/s1. The van der Waals surface area contributed by atoms with E-state index in [9.17, 15) is 14.7 Å². The topological polar surface area (TPSA) is 129 Å². The SMILES string of the molecule is COc1cc2c(cc1OCCCOc1cc3c(cc1OC)C(=O)N1C=C(O)C[C@H]1C=N3)N=CC1CC(c3ccc(N4CCN(C)CC4)cc3)=CN1C2=O. The first-order valence-electron chi connectivity index (χ1n) is 17.9. The predicted octanol–water partition coefficient (Wildman–Crippen LogP) is 5.60. The maximum Gasteiger partial charge on any atom is 0.260 e. The van der Waals surface area contributed by atoms with E-state index in [1.807, 2.05) is 12.4 Å². The van der Waals surface area contributed by atoms with Crippen molar-refractivity contribution in [3.63, 3.8) is 0 Å². The molecule has 2 atom stereocenters. The molecule has 5 aliphatic heterocycles. The normalized spacial score (nSPS) is 20.5. The van der Waals surface area contributed by atoms with Gasteiger partial charge < -0.3 is 43.7 Å². The number of amides is 2. The molecule has 0 spiro atoms. The van der Waals surface area contributed by atoms with Gasteiger partial charge in [-0.25, -0.2) is 0 Å². The zero-order chi connectivity index (χ0) is 36.6. The summed E-state index contributed by atoms with van der Waals surface area (Å²) in [5.74, 6) is 1.50. The van der Waals surface area contributed by atoms with Crippen molar-refractivity contribution in [2.24, 2.45) is 9.98 Å². The molecule has 1 N–H and O–H groups in total. The highest BCUT2D eigenvalue weighted by molar-refractivity contribution is 6.06. The number of methoxy groups -OCH3 is 2. The number of aliphatic hydroxyl groups is 1. The van der Waals surface area contributed by atoms with Crippen molar-refractivity contribution in [1.82, 2.24) is 14.7 Å². The van der Waals surface area contributed by atoms with Crippen LogP contribution in [0, 0.1) is 0 Å². The van der Waals surface area contributed by atoms with Gasteiger partial charge in [-0.3, -0.25) is 19.6 Å². The number of benzene rings is 3. The molecule has 1 unspecified atom stereocenters. The first-order valence-corrected chi connectivity index (χ1v) is 17.9. The minimum Gasteiger partial charge on any atom is -0.511 e. The Bertz CT molecular complexity index is 2050. The van der Waals surface area contributed by atoms with E-state index in [0.29, 0.717) is 78.0 Å². The molecule has 0 bridgehead atoms. The van der Waals surface area contributed by atoms with Gasteiger partial charge in [0.25, 0.3) is 11.8 Å². The number of piperazine rings is 1. The number of nitrogens with zero attached hydrogens (tertiary/aromatic N) is 6. The molecule has 1 saturated heterocycles. The number of aliphatic imine (C=N–C) groups is 2. The Morgan fingerprint density at radius 3 is 1.83 bits per heavy atom. The van der Waals surface area contributed by atoms with Crippen LogP contribution in [0.25, 0.3) is 5.57 Å². The number of anilines is 1. The van der Waals surface area contributed by atoms with E-state index >= 15 is 0 Å². The maximum absolute atomic E-state index is 13.9. The van der Waals surface area contributed by atoms with E-state index < -0.39 is 0 Å². The Morgan fingerprint density at radius 1 is 0.717 bits per heavy atom. The van der Waals surface area contributed by atoms with Gasteiger partial charge in [0.15, 0.2) is 23.0 Å². The maximum atomic E-state index is 13.9. The highest BCUT2D eigenvalue weighted by atomic mass is 16.5. The first-order chi connectivity index (χ1) is 25.8. The first kappa shape index (κ1) is 34.3. The molecule has 2 amide bonds. The van der Waals surface area contributed by atoms with Crippen LogP contribution in [0.4, 0.5) is 17.1 Å². The smallest absolute Gasteiger partial charge is 0.260 e. The van der Waals surface area contributed by atoms with Gasteiger partial charge in [0.2, 0.25) is 0 Å². The Morgan fingerprint density at radius 2 is 1.26 bits per heavy atom. The molecule has 274 valence electrons. The monoisotopic (exact) mass is 718 g/mol. The summed E-state index contributed by atoms with van der Waals surface area (Å²) in [4.78, 5) is 44.3. The van der Waals surface area contributed by atoms with Gasteiger partial charge >= 0.3 is 0 Å². The van der Waals surface area contributed by atoms with E-state index in [2.05, 4.69) is 46.1 Å². The Hall–Kier alpha value is -5.82. The molecule has 3 aromatic carbocycles. The van der Waals surface area contributed by atoms with Gasteiger partial charge in [-0.2, -0.15) is 0 Å². The van der Waals surface area contributed by atoms with Crippen molar-refractivity contribution < 1.29 is 33.6 Å². The number of aliphatic hydroxyl groups excluding tert-OH is 1. The molecular weight excluding hydrogens is 676 g/mol. The van der Waals surface area contributed by atoms with Crippen LogP contribution in [0.3, 0.4) is 0 Å². The number of hydrogen-bond acceptors (Lipinski definition) is 11. The van der Waals surface area contributed by atoms with Crippen molar-refractivity contribution in [1.29, 1.82) is 0 Å². The van der Waals surface area contributed by atoms with Crippen LogP contribution in [0.2, 0.25) is 0 Å². The Labute approximate surface area is 308 Å². The third-order valence-electron chi connectivity index (χ3n) is 10.3. The second-order valence-electron chi connectivity index (χ2n) is 13.7. The number of rotatable bonds is 10. The van der Waals surface area contributed by atoms with Crippen LogP contribution in [0.5, 0.6) is 23.0 Å². The quantitative estimate of drug-likeness (QED) is 0.266. The van der Waals surface area contributed by atoms with Crippen LogP contribution in [0.15, 0.2) is 76.7 Å². The third-order valence-corrected chi connectivity index (χ3v) is 10.3. The molecule has 0 aliphatic carbocycles. The lowest BCUT2D eigenvalue weighted by Gasteiger charge is -2.34. The van der Waals surface area contributed by atoms with Gasteiger partial charge in [0.05, 0.1) is 62.0 Å². The van der Waals surface area contributed by atoms with Crippen molar-refractivity contribution >= 4 is 46.9 Å². The Kier molecular flexibility index (Phi) is 9.25. The number of carbonyl (C=O) groups excluding carboxylic acids is 2. The second kappa shape index (κ2) is 14.3. The summed E-state index contributed by atoms with van der Waals surface area (Å²) in [7, 11) is 5.22. The summed E-state index contributed by atoms with van der Waals surface area (Å²) in [5, 5.41) is 9.91. The molecule has 13 heteroatoms. The lowest BCUT2D eigenvalue weighted by atomic mass is 10.0. The lowest BCUT2D eigenvalue weighted by Crippen LogP contribution is -2.44. The van der Waals surface area contributed by atoms with Crippen molar-refractivity contribution in [3.05, 3.63) is 83.4 Å². The van der Waals surface area contributed by atoms with Crippen LogP contribution < -0.4 is 23.8 Å². The number of fused-ring (bicyclic) bond motifs is 4. The fourth-order valence-electron chi connectivity index (χ4n) is 7.31. The van der Waals surface area contributed by atoms with Crippen molar-refractivity contribution in [2.45, 2.75) is 31.3 Å². The van der Waals surface area contributed by atoms with Crippen molar-refractivity contribution in [2.75, 3.05) is 65.6 Å².